The Bertz CT molecular complexity index is 857. The number of rotatable bonds is 1. The lowest BCUT2D eigenvalue weighted by atomic mass is 10.0. The summed E-state index contributed by atoms with van der Waals surface area (Å²) in [6.07, 6.45) is 1.43. The second kappa shape index (κ2) is 4.54. The van der Waals surface area contributed by atoms with Crippen molar-refractivity contribution in [2.24, 2.45) is 0 Å². The van der Waals surface area contributed by atoms with E-state index in [4.69, 9.17) is 11.6 Å². The topological polar surface area (TPSA) is 75.3 Å². The zero-order valence-corrected chi connectivity index (χ0v) is 10.9. The fourth-order valence-corrected chi connectivity index (χ4v) is 2.19. The zero-order chi connectivity index (χ0) is 14.3. The van der Waals surface area contributed by atoms with Crippen LogP contribution in [0.5, 0.6) is 5.75 Å². The number of nitrogens with zero attached hydrogens (tertiary/aromatic N) is 2. The Hall–Kier alpha value is -2.53. The van der Waals surface area contributed by atoms with Gasteiger partial charge in [0, 0.05) is 11.2 Å². The molecule has 100 valence electrons. The molecule has 0 amide bonds. The third-order valence-electron chi connectivity index (χ3n) is 3.02. The molecule has 0 fully saturated rings. The molecule has 0 saturated carbocycles. The predicted molar refractivity (Wildman–Crippen MR) is 75.3 cm³/mol. The largest absolute Gasteiger partial charge is 0.506 e. The number of hydrogen-bond acceptors (Lipinski definition) is 4. The quantitative estimate of drug-likeness (QED) is 0.675. The van der Waals surface area contributed by atoms with Crippen LogP contribution in [0.1, 0.15) is 0 Å². The molecule has 0 aliphatic rings. The molecule has 3 rings (SSSR count). The van der Waals surface area contributed by atoms with Crippen LogP contribution in [0.3, 0.4) is 0 Å². The highest BCUT2D eigenvalue weighted by molar-refractivity contribution is 6.30. The van der Waals surface area contributed by atoms with Crippen LogP contribution in [0, 0.1) is 0 Å². The Kier molecular flexibility index (Phi) is 2.84. The number of aromatic hydroxyl groups is 1. The number of fused-ring (bicyclic) bond motifs is 1. The maximum Gasteiger partial charge on any atom is 0.296 e. The van der Waals surface area contributed by atoms with Crippen LogP contribution in [0.2, 0.25) is 5.02 Å². The maximum absolute atomic E-state index is 12.2. The molecule has 5 nitrogen and oxygen atoms in total. The van der Waals surface area contributed by atoms with Gasteiger partial charge in [-0.3, -0.25) is 4.79 Å². The molecule has 20 heavy (non-hydrogen) atoms. The molecule has 2 N–H and O–H groups in total. The second-order valence-corrected chi connectivity index (χ2v) is 4.66. The van der Waals surface area contributed by atoms with Crippen molar-refractivity contribution in [3.05, 3.63) is 58.0 Å². The zero-order valence-electron chi connectivity index (χ0n) is 10.1. The molecule has 0 bridgehead atoms. The van der Waals surface area contributed by atoms with E-state index < -0.39 is 5.56 Å². The van der Waals surface area contributed by atoms with Gasteiger partial charge in [0.2, 0.25) is 0 Å². The summed E-state index contributed by atoms with van der Waals surface area (Å²) in [5, 5.41) is 21.0. The normalized spacial score (nSPS) is 10.8. The Morgan fingerprint density at radius 3 is 2.55 bits per heavy atom. The predicted octanol–water partition coefficient (Wildman–Crippen LogP) is 2.66. The molecule has 1 aromatic carbocycles. The summed E-state index contributed by atoms with van der Waals surface area (Å²) in [6, 6.07) is 9.58. The van der Waals surface area contributed by atoms with E-state index in [-0.39, 0.29) is 17.0 Å². The monoisotopic (exact) mass is 288 g/mol. The van der Waals surface area contributed by atoms with Crippen molar-refractivity contribution in [2.75, 3.05) is 0 Å². The van der Waals surface area contributed by atoms with E-state index in [9.17, 15) is 15.1 Å². The average molecular weight is 289 g/mol. The maximum atomic E-state index is 12.2. The van der Waals surface area contributed by atoms with Crippen molar-refractivity contribution in [1.82, 2.24) is 9.71 Å². The lowest BCUT2D eigenvalue weighted by molar-refractivity contribution is 0.186. The lowest BCUT2D eigenvalue weighted by Crippen LogP contribution is -2.20. The minimum atomic E-state index is -0.740. The summed E-state index contributed by atoms with van der Waals surface area (Å²) in [6.45, 7) is 0. The van der Waals surface area contributed by atoms with Crippen molar-refractivity contribution in [3.63, 3.8) is 0 Å². The van der Waals surface area contributed by atoms with Gasteiger partial charge in [-0.25, -0.2) is 4.98 Å². The first-order valence-corrected chi connectivity index (χ1v) is 6.15. The highest BCUT2D eigenvalue weighted by Gasteiger charge is 2.18. The van der Waals surface area contributed by atoms with Crippen LogP contribution in [0.4, 0.5) is 0 Å². The van der Waals surface area contributed by atoms with Gasteiger partial charge in [-0.05, 0) is 29.8 Å². The first-order valence-electron chi connectivity index (χ1n) is 5.77. The fourth-order valence-electron chi connectivity index (χ4n) is 2.07. The molecule has 0 radical (unpaired) electrons. The summed E-state index contributed by atoms with van der Waals surface area (Å²) in [5.41, 5.74) is -0.265. The van der Waals surface area contributed by atoms with E-state index in [1.54, 1.807) is 36.4 Å². The Morgan fingerprint density at radius 2 is 1.85 bits per heavy atom. The number of benzene rings is 1. The van der Waals surface area contributed by atoms with E-state index in [0.717, 1.165) is 0 Å². The average Bonchev–Trinajstić information content (AvgIpc) is 2.47. The van der Waals surface area contributed by atoms with Gasteiger partial charge in [0.15, 0.2) is 5.65 Å². The van der Waals surface area contributed by atoms with Gasteiger partial charge in [-0.2, -0.15) is 0 Å². The first kappa shape index (κ1) is 12.5. The van der Waals surface area contributed by atoms with E-state index in [1.807, 2.05) is 0 Å². The SMILES string of the molecule is O=c1c(-c2ccc(Cl)cc2)c(O)c2cccnc2n1O. The molecule has 3 aromatic rings. The first-order chi connectivity index (χ1) is 9.59. The van der Waals surface area contributed by atoms with Crippen LogP contribution in [-0.4, -0.2) is 20.0 Å². The summed E-state index contributed by atoms with van der Waals surface area (Å²) in [4.78, 5) is 16.1. The van der Waals surface area contributed by atoms with Crippen LogP contribution in [0.25, 0.3) is 22.2 Å². The van der Waals surface area contributed by atoms with Gasteiger partial charge < -0.3 is 10.3 Å². The standard InChI is InChI=1S/C14H9ClN2O3/c15-9-5-3-8(4-6-9)11-12(18)10-2-1-7-16-13(10)17(20)14(11)19/h1-7,18,20H. The number of aromatic nitrogens is 2. The molecule has 0 aliphatic heterocycles. The van der Waals surface area contributed by atoms with E-state index in [2.05, 4.69) is 4.98 Å². The van der Waals surface area contributed by atoms with Crippen molar-refractivity contribution >= 4 is 22.6 Å². The Morgan fingerprint density at radius 1 is 1.15 bits per heavy atom. The molecule has 2 aromatic heterocycles. The molecular formula is C14H9ClN2O3. The van der Waals surface area contributed by atoms with Crippen LogP contribution >= 0.6 is 11.6 Å². The van der Waals surface area contributed by atoms with Crippen molar-refractivity contribution in [3.8, 4) is 16.9 Å². The smallest absolute Gasteiger partial charge is 0.296 e. The number of hydrogen-bond donors (Lipinski definition) is 2. The summed E-state index contributed by atoms with van der Waals surface area (Å²) < 4.78 is 0.430. The molecule has 0 unspecified atom stereocenters. The van der Waals surface area contributed by atoms with E-state index in [1.165, 1.54) is 6.20 Å². The third-order valence-corrected chi connectivity index (χ3v) is 3.27. The van der Waals surface area contributed by atoms with Gasteiger partial charge in [-0.15, -0.1) is 4.73 Å². The molecule has 0 aliphatic carbocycles. The minimum Gasteiger partial charge on any atom is -0.506 e. The van der Waals surface area contributed by atoms with E-state index >= 15 is 0 Å². The van der Waals surface area contributed by atoms with Crippen molar-refractivity contribution in [1.29, 1.82) is 0 Å². The number of halogens is 1. The van der Waals surface area contributed by atoms with Gasteiger partial charge in [0.1, 0.15) is 5.75 Å². The van der Waals surface area contributed by atoms with Gasteiger partial charge in [0.05, 0.1) is 10.9 Å². The van der Waals surface area contributed by atoms with Gasteiger partial charge in [0.25, 0.3) is 5.56 Å². The molecular weight excluding hydrogens is 280 g/mol. The summed E-state index contributed by atoms with van der Waals surface area (Å²) >= 11 is 5.80. The van der Waals surface area contributed by atoms with Gasteiger partial charge >= 0.3 is 0 Å². The molecule has 0 saturated heterocycles. The van der Waals surface area contributed by atoms with Gasteiger partial charge in [-0.1, -0.05) is 23.7 Å². The fraction of sp³-hybridized carbons (Fsp3) is 0. The molecule has 2 heterocycles. The highest BCUT2D eigenvalue weighted by Crippen LogP contribution is 2.32. The Labute approximate surface area is 118 Å². The van der Waals surface area contributed by atoms with Crippen LogP contribution in [-0.2, 0) is 0 Å². The second-order valence-electron chi connectivity index (χ2n) is 4.22. The molecule has 0 spiro atoms. The lowest BCUT2D eigenvalue weighted by Gasteiger charge is -2.09. The van der Waals surface area contributed by atoms with E-state index in [0.29, 0.717) is 20.7 Å². The molecule has 6 heteroatoms. The Balaban J connectivity index is 2.42. The van der Waals surface area contributed by atoms with Crippen molar-refractivity contribution in [2.45, 2.75) is 0 Å². The minimum absolute atomic E-state index is 0.00432. The third kappa shape index (κ3) is 1.80. The van der Waals surface area contributed by atoms with Crippen molar-refractivity contribution < 1.29 is 10.3 Å². The summed E-state index contributed by atoms with van der Waals surface area (Å²) in [7, 11) is 0. The van der Waals surface area contributed by atoms with Crippen LogP contribution < -0.4 is 5.56 Å². The van der Waals surface area contributed by atoms with Crippen LogP contribution in [0.15, 0.2) is 47.4 Å². The summed E-state index contributed by atoms with van der Waals surface area (Å²) in [5.74, 6) is -0.217. The molecule has 0 atom stereocenters. The highest BCUT2D eigenvalue weighted by atomic mass is 35.5. The number of pyridine rings is 2.